The molecule has 0 spiro atoms. The number of amides is 1. The largest absolute Gasteiger partial charge is 0.394 e. The topological polar surface area (TPSA) is 189 Å². The summed E-state index contributed by atoms with van der Waals surface area (Å²) in [5.41, 5.74) is 0. The normalized spacial score (nSPS) is 20.8. The maximum absolute atomic E-state index is 13.1. The van der Waals surface area contributed by atoms with Crippen LogP contribution in [0.15, 0.2) is 24.3 Å². The smallest absolute Gasteiger partial charge is 0.249 e. The van der Waals surface area contributed by atoms with Crippen molar-refractivity contribution in [3.8, 4) is 0 Å². The Morgan fingerprint density at radius 1 is 0.522 bits per heavy atom. The van der Waals surface area contributed by atoms with Gasteiger partial charge in [-0.3, -0.25) is 4.79 Å². The Morgan fingerprint density at radius 3 is 1.33 bits per heavy atom. The Bertz CT molecular complexity index is 1140. The van der Waals surface area contributed by atoms with Crippen LogP contribution in [-0.4, -0.2) is 110 Å². The average molecular weight is 954 g/mol. The minimum atomic E-state index is -1.66. The van der Waals surface area contributed by atoms with Crippen LogP contribution in [0, 0.1) is 0 Å². The maximum Gasteiger partial charge on any atom is 0.249 e. The molecule has 9 atom stereocenters. The summed E-state index contributed by atoms with van der Waals surface area (Å²) in [5.74, 6) is -0.696. The molecule has 11 heteroatoms. The summed E-state index contributed by atoms with van der Waals surface area (Å²) < 4.78 is 11.1. The third kappa shape index (κ3) is 34.5. The summed E-state index contributed by atoms with van der Waals surface area (Å²) >= 11 is 0. The van der Waals surface area contributed by atoms with Crippen molar-refractivity contribution in [1.29, 1.82) is 0 Å². The third-order valence-electron chi connectivity index (χ3n) is 13.8. The van der Waals surface area contributed by atoms with Crippen LogP contribution >= 0.6 is 0 Å². The molecule has 1 amide bonds. The molecule has 0 aromatic rings. The second kappa shape index (κ2) is 45.7. The number of hydrogen-bond acceptors (Lipinski definition) is 10. The van der Waals surface area contributed by atoms with Gasteiger partial charge in [0.1, 0.15) is 36.6 Å². The van der Waals surface area contributed by atoms with Crippen molar-refractivity contribution < 1.29 is 50.0 Å². The van der Waals surface area contributed by atoms with E-state index in [4.69, 9.17) is 9.47 Å². The molecule has 0 aromatic heterocycles. The summed E-state index contributed by atoms with van der Waals surface area (Å²) in [6, 6.07) is -1.17. The van der Waals surface area contributed by atoms with Gasteiger partial charge < -0.3 is 50.5 Å². The highest BCUT2D eigenvalue weighted by molar-refractivity contribution is 5.80. The van der Waals surface area contributed by atoms with E-state index in [9.17, 15) is 40.5 Å². The van der Waals surface area contributed by atoms with Crippen LogP contribution in [0.1, 0.15) is 258 Å². The van der Waals surface area contributed by atoms with Gasteiger partial charge in [-0.05, 0) is 44.9 Å². The van der Waals surface area contributed by atoms with Gasteiger partial charge in [0.15, 0.2) is 6.29 Å². The number of allylic oxidation sites excluding steroid dienone is 4. The van der Waals surface area contributed by atoms with E-state index in [1.54, 1.807) is 0 Å². The Morgan fingerprint density at radius 2 is 0.910 bits per heavy atom. The number of aliphatic hydroxyl groups excluding tert-OH is 7. The fraction of sp³-hybridized carbons (Fsp3) is 0.911. The molecule has 0 saturated carbocycles. The zero-order valence-corrected chi connectivity index (χ0v) is 43.1. The lowest BCUT2D eigenvalue weighted by Gasteiger charge is -2.40. The minimum Gasteiger partial charge on any atom is -0.394 e. The molecule has 1 rings (SSSR count). The molecular formula is C56H107NO10. The monoisotopic (exact) mass is 954 g/mol. The fourth-order valence-corrected chi connectivity index (χ4v) is 9.12. The highest BCUT2D eigenvalue weighted by atomic mass is 16.7. The molecule has 67 heavy (non-hydrogen) atoms. The number of carbonyl (C=O) groups excluding carboxylic acids is 1. The molecule has 1 saturated heterocycles. The van der Waals surface area contributed by atoms with Gasteiger partial charge in [0.2, 0.25) is 5.91 Å². The lowest BCUT2D eigenvalue weighted by Crippen LogP contribution is -2.60. The molecule has 1 fully saturated rings. The Labute approximate surface area is 410 Å². The Kier molecular flexibility index (Phi) is 43.4. The van der Waals surface area contributed by atoms with Gasteiger partial charge in [-0.15, -0.1) is 0 Å². The van der Waals surface area contributed by atoms with Crippen molar-refractivity contribution in [3.63, 3.8) is 0 Å². The quantitative estimate of drug-likeness (QED) is 0.0215. The summed E-state index contributed by atoms with van der Waals surface area (Å²) in [4.78, 5) is 13.1. The van der Waals surface area contributed by atoms with Crippen LogP contribution in [0.2, 0.25) is 0 Å². The average Bonchev–Trinajstić information content (AvgIpc) is 3.33. The Hall–Kier alpha value is -1.41. The van der Waals surface area contributed by atoms with E-state index < -0.39 is 74.2 Å². The van der Waals surface area contributed by atoms with Gasteiger partial charge in [-0.2, -0.15) is 0 Å². The zero-order chi connectivity index (χ0) is 49.0. The molecule has 11 nitrogen and oxygen atoms in total. The highest BCUT2D eigenvalue weighted by Crippen LogP contribution is 2.23. The van der Waals surface area contributed by atoms with E-state index in [2.05, 4.69) is 43.5 Å². The van der Waals surface area contributed by atoms with Crippen LogP contribution in [0.5, 0.6) is 0 Å². The van der Waals surface area contributed by atoms with Crippen molar-refractivity contribution in [1.82, 2.24) is 5.32 Å². The first-order valence-corrected chi connectivity index (χ1v) is 28.2. The van der Waals surface area contributed by atoms with Crippen LogP contribution in [0.25, 0.3) is 0 Å². The van der Waals surface area contributed by atoms with Crippen LogP contribution in [-0.2, 0) is 14.3 Å². The molecule has 1 aliphatic heterocycles. The Balaban J connectivity index is 2.25. The minimum absolute atomic E-state index is 0.260. The van der Waals surface area contributed by atoms with E-state index in [-0.39, 0.29) is 6.42 Å². The first-order chi connectivity index (χ1) is 32.7. The molecule has 396 valence electrons. The number of aliphatic hydroxyl groups is 7. The van der Waals surface area contributed by atoms with E-state index >= 15 is 0 Å². The van der Waals surface area contributed by atoms with Crippen LogP contribution in [0.4, 0.5) is 0 Å². The summed E-state index contributed by atoms with van der Waals surface area (Å²) in [5, 5.41) is 75.9. The highest BCUT2D eigenvalue weighted by Gasteiger charge is 2.44. The second-order valence-electron chi connectivity index (χ2n) is 20.0. The number of hydrogen-bond donors (Lipinski definition) is 8. The lowest BCUT2D eigenvalue weighted by atomic mass is 9.98. The number of unbranched alkanes of at least 4 members (excludes halogenated alkanes) is 32. The molecule has 1 heterocycles. The molecular weight excluding hydrogens is 847 g/mol. The lowest BCUT2D eigenvalue weighted by molar-refractivity contribution is -0.303. The van der Waals surface area contributed by atoms with E-state index in [1.165, 1.54) is 173 Å². The fourth-order valence-electron chi connectivity index (χ4n) is 9.12. The summed E-state index contributed by atoms with van der Waals surface area (Å²) in [7, 11) is 0. The second-order valence-corrected chi connectivity index (χ2v) is 20.0. The zero-order valence-electron chi connectivity index (χ0n) is 43.1. The summed E-state index contributed by atoms with van der Waals surface area (Å²) in [6.07, 6.45) is 42.4. The molecule has 0 bridgehead atoms. The molecule has 0 aromatic carbocycles. The first-order valence-electron chi connectivity index (χ1n) is 28.2. The van der Waals surface area contributed by atoms with Crippen molar-refractivity contribution in [2.75, 3.05) is 13.2 Å². The number of carbonyl (C=O) groups is 1. The van der Waals surface area contributed by atoms with Crippen molar-refractivity contribution >= 4 is 5.91 Å². The van der Waals surface area contributed by atoms with E-state index in [0.717, 1.165) is 44.9 Å². The maximum atomic E-state index is 13.1. The number of ether oxygens (including phenoxy) is 2. The SMILES string of the molecule is CCCCCCCCCCC/C=C\C/C=C\CCCCCCCCCCCCCCC(O)C(=O)NC(COC1OC(CO)C(O)C(O)C1O)C(O)C(O)CCCCCCCCCCCCCC. The number of rotatable bonds is 48. The molecule has 0 radical (unpaired) electrons. The van der Waals surface area contributed by atoms with E-state index in [1.807, 2.05) is 0 Å². The van der Waals surface area contributed by atoms with Crippen molar-refractivity contribution in [2.24, 2.45) is 0 Å². The van der Waals surface area contributed by atoms with E-state index in [0.29, 0.717) is 19.3 Å². The number of nitrogens with one attached hydrogen (secondary N) is 1. The van der Waals surface area contributed by atoms with Crippen LogP contribution < -0.4 is 5.32 Å². The molecule has 9 unspecified atom stereocenters. The predicted molar refractivity (Wildman–Crippen MR) is 275 cm³/mol. The van der Waals surface area contributed by atoms with Gasteiger partial charge in [-0.1, -0.05) is 237 Å². The summed E-state index contributed by atoms with van der Waals surface area (Å²) in [6.45, 7) is 3.45. The van der Waals surface area contributed by atoms with Gasteiger partial charge in [0, 0.05) is 0 Å². The van der Waals surface area contributed by atoms with Crippen molar-refractivity contribution in [3.05, 3.63) is 24.3 Å². The van der Waals surface area contributed by atoms with Gasteiger partial charge >= 0.3 is 0 Å². The van der Waals surface area contributed by atoms with Gasteiger partial charge in [0.05, 0.1) is 25.4 Å². The third-order valence-corrected chi connectivity index (χ3v) is 13.8. The van der Waals surface area contributed by atoms with Crippen LogP contribution in [0.3, 0.4) is 0 Å². The standard InChI is InChI=1S/C56H107NO10/c1-3-5-7-9-11-13-15-17-18-19-20-21-22-23-24-25-26-27-28-29-30-31-32-34-36-38-40-42-44-49(60)55(65)57-47(46-66-56-54(64)53(63)52(62)50(45-58)67-56)51(61)48(59)43-41-39-37-35-33-16-14-12-10-8-6-4-2/h20-21,23-24,47-54,56,58-64H,3-19,22,25-46H2,1-2H3,(H,57,65)/b21-20-,24-23-. The van der Waals surface area contributed by atoms with Gasteiger partial charge in [-0.25, -0.2) is 0 Å². The molecule has 1 aliphatic rings. The molecule has 8 N–H and O–H groups in total. The van der Waals surface area contributed by atoms with Crippen molar-refractivity contribution in [2.45, 2.75) is 313 Å². The predicted octanol–water partition coefficient (Wildman–Crippen LogP) is 11.3. The molecule has 0 aliphatic carbocycles. The van der Waals surface area contributed by atoms with Gasteiger partial charge in [0.25, 0.3) is 0 Å². The first kappa shape index (κ1) is 63.6.